The van der Waals surface area contributed by atoms with Gasteiger partial charge < -0.3 is 0 Å². The highest BCUT2D eigenvalue weighted by molar-refractivity contribution is 9.09. The highest BCUT2D eigenvalue weighted by atomic mass is 79.9. The predicted molar refractivity (Wildman–Crippen MR) is 69.1 cm³/mol. The summed E-state index contributed by atoms with van der Waals surface area (Å²) in [6.45, 7) is 0. The lowest BCUT2D eigenvalue weighted by Gasteiger charge is -1.92. The Morgan fingerprint density at radius 3 is 2.00 bits per heavy atom. The first-order chi connectivity index (χ1) is 5.85. The van der Waals surface area contributed by atoms with Crippen LogP contribution in [0.1, 0.15) is 5.56 Å². The summed E-state index contributed by atoms with van der Waals surface area (Å²) in [5, 5.41) is 1.05. The smallest absolute Gasteiger partial charge is 0.00718 e. The van der Waals surface area contributed by atoms with E-state index in [-0.39, 0.29) is 8.41 Å². The van der Waals surface area contributed by atoms with E-state index in [9.17, 15) is 0 Å². The zero-order chi connectivity index (χ0) is 9.23. The van der Waals surface area contributed by atoms with Crippen LogP contribution in [0, 0.1) is 0 Å². The molecule has 71 valence electrons. The SMILES string of the molecule is BrCCc1ccccc1.CSC.[B]. The average Bonchev–Trinajstić information content (AvgIpc) is 2.08. The molecule has 0 aliphatic heterocycles. The first-order valence-corrected chi connectivity index (χ1v) is 6.60. The Labute approximate surface area is 96.2 Å². The molecular weight excluding hydrogens is 243 g/mol. The van der Waals surface area contributed by atoms with E-state index < -0.39 is 0 Å². The van der Waals surface area contributed by atoms with E-state index in [1.807, 2.05) is 18.6 Å². The first kappa shape index (κ1) is 15.6. The van der Waals surface area contributed by atoms with Gasteiger partial charge in [0, 0.05) is 13.7 Å². The molecule has 0 N–H and O–H groups in total. The zero-order valence-corrected chi connectivity index (χ0v) is 10.6. The van der Waals surface area contributed by atoms with E-state index in [2.05, 4.69) is 40.2 Å². The highest BCUT2D eigenvalue weighted by Crippen LogP contribution is 2.00. The molecule has 0 aliphatic rings. The van der Waals surface area contributed by atoms with Gasteiger partial charge in [0.25, 0.3) is 0 Å². The van der Waals surface area contributed by atoms with Crippen LogP contribution in [-0.2, 0) is 6.42 Å². The fourth-order valence-corrected chi connectivity index (χ4v) is 1.21. The summed E-state index contributed by atoms with van der Waals surface area (Å²) in [5.74, 6) is 0. The van der Waals surface area contributed by atoms with Crippen LogP contribution in [0.4, 0.5) is 0 Å². The lowest BCUT2D eigenvalue weighted by atomic mass is 10.2. The number of thioether (sulfide) groups is 1. The molecule has 0 nitrogen and oxygen atoms in total. The largest absolute Gasteiger partial charge is 0.169 e. The third-order valence-electron chi connectivity index (χ3n) is 1.23. The molecule has 0 aliphatic carbocycles. The van der Waals surface area contributed by atoms with Crippen molar-refractivity contribution in [1.82, 2.24) is 0 Å². The van der Waals surface area contributed by atoms with Crippen molar-refractivity contribution in [3.63, 3.8) is 0 Å². The summed E-state index contributed by atoms with van der Waals surface area (Å²) < 4.78 is 0. The van der Waals surface area contributed by atoms with Crippen LogP contribution in [0.25, 0.3) is 0 Å². The van der Waals surface area contributed by atoms with Crippen molar-refractivity contribution in [2.24, 2.45) is 0 Å². The minimum absolute atomic E-state index is 0. The van der Waals surface area contributed by atoms with Crippen LogP contribution < -0.4 is 0 Å². The molecule has 1 rings (SSSR count). The fraction of sp³-hybridized carbons (Fsp3) is 0.400. The standard InChI is InChI=1S/C8H9Br.C2H6S.B/c9-7-6-8-4-2-1-3-5-8;1-3-2;/h1-5H,6-7H2;1-2H3;. The van der Waals surface area contributed by atoms with Crippen LogP contribution in [0.3, 0.4) is 0 Å². The minimum atomic E-state index is 0. The number of benzene rings is 1. The Balaban J connectivity index is 0. The number of hydrogen-bond donors (Lipinski definition) is 0. The minimum Gasteiger partial charge on any atom is -0.169 e. The third kappa shape index (κ3) is 10.0. The van der Waals surface area contributed by atoms with Gasteiger partial charge in [-0.2, -0.15) is 11.8 Å². The molecule has 0 atom stereocenters. The van der Waals surface area contributed by atoms with Gasteiger partial charge >= 0.3 is 0 Å². The van der Waals surface area contributed by atoms with Crippen molar-refractivity contribution in [3.8, 4) is 0 Å². The second-order valence-electron chi connectivity index (χ2n) is 2.33. The molecule has 0 aromatic heterocycles. The molecule has 3 radical (unpaired) electrons. The number of rotatable bonds is 2. The van der Waals surface area contributed by atoms with E-state index in [1.165, 1.54) is 5.56 Å². The summed E-state index contributed by atoms with van der Waals surface area (Å²) in [6.07, 6.45) is 5.21. The molecular formula is C10H15BBrS. The van der Waals surface area contributed by atoms with Crippen molar-refractivity contribution in [2.45, 2.75) is 6.42 Å². The summed E-state index contributed by atoms with van der Waals surface area (Å²) in [6, 6.07) is 10.5. The average molecular weight is 258 g/mol. The van der Waals surface area contributed by atoms with Crippen LogP contribution in [0.15, 0.2) is 30.3 Å². The maximum atomic E-state index is 3.39. The van der Waals surface area contributed by atoms with Crippen LogP contribution in [0.2, 0.25) is 0 Å². The lowest BCUT2D eigenvalue weighted by molar-refractivity contribution is 1.17. The molecule has 0 spiro atoms. The van der Waals surface area contributed by atoms with Gasteiger partial charge in [-0.15, -0.1) is 0 Å². The summed E-state index contributed by atoms with van der Waals surface area (Å²) in [4.78, 5) is 0. The van der Waals surface area contributed by atoms with Gasteiger partial charge in [-0.25, -0.2) is 0 Å². The second-order valence-corrected chi connectivity index (χ2v) is 3.94. The summed E-state index contributed by atoms with van der Waals surface area (Å²) >= 11 is 5.14. The third-order valence-corrected chi connectivity index (χ3v) is 1.62. The van der Waals surface area contributed by atoms with Crippen LogP contribution >= 0.6 is 27.7 Å². The topological polar surface area (TPSA) is 0 Å². The molecule has 0 saturated heterocycles. The van der Waals surface area contributed by atoms with Gasteiger partial charge in [0.2, 0.25) is 0 Å². The van der Waals surface area contributed by atoms with Crippen LogP contribution in [0.5, 0.6) is 0 Å². The molecule has 0 amide bonds. The number of hydrogen-bond acceptors (Lipinski definition) is 1. The van der Waals surface area contributed by atoms with E-state index >= 15 is 0 Å². The molecule has 1 aromatic carbocycles. The Kier molecular flexibility index (Phi) is 14.5. The molecule has 0 unspecified atom stereocenters. The van der Waals surface area contributed by atoms with Gasteiger partial charge in [-0.05, 0) is 24.5 Å². The molecule has 0 saturated carbocycles. The number of aryl methyl sites for hydroxylation is 1. The molecule has 3 heteroatoms. The van der Waals surface area contributed by atoms with Crippen molar-refractivity contribution in [3.05, 3.63) is 35.9 Å². The van der Waals surface area contributed by atoms with Crippen molar-refractivity contribution >= 4 is 36.1 Å². The van der Waals surface area contributed by atoms with E-state index in [4.69, 9.17) is 0 Å². The van der Waals surface area contributed by atoms with Crippen molar-refractivity contribution < 1.29 is 0 Å². The summed E-state index contributed by atoms with van der Waals surface area (Å²) in [5.41, 5.74) is 1.40. The highest BCUT2D eigenvalue weighted by Gasteiger charge is 1.85. The van der Waals surface area contributed by atoms with Gasteiger partial charge in [0.1, 0.15) is 0 Å². The second kappa shape index (κ2) is 12.1. The quantitative estimate of drug-likeness (QED) is 0.579. The van der Waals surface area contributed by atoms with Gasteiger partial charge in [0.15, 0.2) is 0 Å². The Hall–Kier alpha value is 0.115. The lowest BCUT2D eigenvalue weighted by Crippen LogP contribution is -1.82. The van der Waals surface area contributed by atoms with Gasteiger partial charge in [-0.1, -0.05) is 46.3 Å². The number of alkyl halides is 1. The Bertz CT molecular complexity index is 180. The van der Waals surface area contributed by atoms with E-state index in [0.717, 1.165) is 11.8 Å². The number of halogens is 1. The zero-order valence-electron chi connectivity index (χ0n) is 8.16. The molecule has 0 heterocycles. The predicted octanol–water partition coefficient (Wildman–Crippen LogP) is 3.22. The molecule has 1 aromatic rings. The Morgan fingerprint density at radius 1 is 1.15 bits per heavy atom. The molecule has 0 bridgehead atoms. The van der Waals surface area contributed by atoms with Gasteiger partial charge in [0.05, 0.1) is 0 Å². The van der Waals surface area contributed by atoms with E-state index in [0.29, 0.717) is 0 Å². The van der Waals surface area contributed by atoms with Gasteiger partial charge in [-0.3, -0.25) is 0 Å². The first-order valence-electron chi connectivity index (χ1n) is 3.85. The fourth-order valence-electron chi connectivity index (χ4n) is 0.754. The van der Waals surface area contributed by atoms with E-state index in [1.54, 1.807) is 11.8 Å². The normalized spacial score (nSPS) is 7.92. The molecule has 0 fully saturated rings. The monoisotopic (exact) mass is 257 g/mol. The summed E-state index contributed by atoms with van der Waals surface area (Å²) in [7, 11) is 0. The maximum Gasteiger partial charge on any atom is 0.00718 e. The maximum absolute atomic E-state index is 3.39. The molecule has 13 heavy (non-hydrogen) atoms. The van der Waals surface area contributed by atoms with Crippen molar-refractivity contribution in [2.75, 3.05) is 17.8 Å². The van der Waals surface area contributed by atoms with Crippen LogP contribution in [-0.4, -0.2) is 26.3 Å². The van der Waals surface area contributed by atoms with Crippen molar-refractivity contribution in [1.29, 1.82) is 0 Å². The Morgan fingerprint density at radius 2 is 1.62 bits per heavy atom.